The number of ether oxygens (including phenoxy) is 2. The van der Waals surface area contributed by atoms with Gasteiger partial charge in [0, 0.05) is 6.42 Å². The molecule has 2 amide bonds. The third-order valence-corrected chi connectivity index (χ3v) is 6.09. The molecule has 2 N–H and O–H groups in total. The van der Waals surface area contributed by atoms with Gasteiger partial charge in [-0.25, -0.2) is 4.79 Å². The highest BCUT2D eigenvalue weighted by atomic mass is 16.5. The molecule has 6 nitrogen and oxygen atoms in total. The Labute approximate surface area is 223 Å². The summed E-state index contributed by atoms with van der Waals surface area (Å²) in [7, 11) is 0. The summed E-state index contributed by atoms with van der Waals surface area (Å²) < 4.78 is 11.2. The Bertz CT molecular complexity index is 1280. The molecule has 0 spiro atoms. The molecular formula is C32H32N2O4. The Morgan fingerprint density at radius 1 is 0.658 bits per heavy atom. The Hall–Kier alpha value is -4.58. The average Bonchev–Trinajstić information content (AvgIpc) is 2.97. The first-order valence-corrected chi connectivity index (χ1v) is 12.6. The number of rotatable bonds is 11. The largest absolute Gasteiger partial charge is 0.489 e. The number of carbonyl (C=O) groups excluding carboxylic acids is 2. The van der Waals surface area contributed by atoms with Crippen molar-refractivity contribution in [3.63, 3.8) is 0 Å². The second-order valence-electron chi connectivity index (χ2n) is 9.02. The summed E-state index contributed by atoms with van der Waals surface area (Å²) in [6.07, 6.45) is -0.351. The van der Waals surface area contributed by atoms with Gasteiger partial charge < -0.3 is 20.1 Å². The van der Waals surface area contributed by atoms with Gasteiger partial charge in [-0.15, -0.1) is 0 Å². The maximum absolute atomic E-state index is 13.3. The Morgan fingerprint density at radius 2 is 1.21 bits per heavy atom. The second-order valence-corrected chi connectivity index (χ2v) is 9.02. The van der Waals surface area contributed by atoms with Crippen molar-refractivity contribution in [2.24, 2.45) is 0 Å². The lowest BCUT2D eigenvalue weighted by atomic mass is 10.0. The summed E-state index contributed by atoms with van der Waals surface area (Å²) in [6.45, 7) is 2.50. The summed E-state index contributed by atoms with van der Waals surface area (Å²) in [5, 5.41) is 5.76. The van der Waals surface area contributed by atoms with Crippen molar-refractivity contribution in [1.29, 1.82) is 0 Å². The van der Waals surface area contributed by atoms with Gasteiger partial charge in [0.15, 0.2) is 0 Å². The molecule has 6 heteroatoms. The van der Waals surface area contributed by atoms with Crippen molar-refractivity contribution >= 4 is 12.0 Å². The number of benzene rings is 4. The van der Waals surface area contributed by atoms with Gasteiger partial charge in [0.1, 0.15) is 25.0 Å². The first kappa shape index (κ1) is 26.5. The predicted octanol–water partition coefficient (Wildman–Crippen LogP) is 5.98. The Morgan fingerprint density at radius 3 is 1.82 bits per heavy atom. The standard InChI is InChI=1S/C32H32N2O4/c1-24(28-15-9-4-10-16-28)33-31(35)30(34-32(36)38-23-27-13-7-3-8-14-27)21-25-17-19-29(20-18-25)37-22-26-11-5-2-6-12-26/h2-20,24,30H,21-23H2,1H3,(H,33,35)(H,34,36)/t24-,30-/m1/s1. The third-order valence-electron chi connectivity index (χ3n) is 6.09. The lowest BCUT2D eigenvalue weighted by molar-refractivity contribution is -0.123. The minimum atomic E-state index is -0.819. The van der Waals surface area contributed by atoms with Crippen LogP contribution in [0.1, 0.15) is 35.2 Å². The van der Waals surface area contributed by atoms with Crippen molar-refractivity contribution in [2.45, 2.75) is 38.6 Å². The molecule has 0 saturated carbocycles. The van der Waals surface area contributed by atoms with E-state index in [9.17, 15) is 9.59 Å². The number of alkyl carbamates (subject to hydrolysis) is 1. The van der Waals surface area contributed by atoms with Gasteiger partial charge in [0.2, 0.25) is 5.91 Å². The molecule has 0 radical (unpaired) electrons. The first-order chi connectivity index (χ1) is 18.6. The average molecular weight is 509 g/mol. The van der Waals surface area contributed by atoms with E-state index in [-0.39, 0.29) is 18.6 Å². The topological polar surface area (TPSA) is 76.7 Å². The molecule has 0 aliphatic carbocycles. The molecule has 4 aromatic carbocycles. The molecule has 4 rings (SSSR count). The van der Waals surface area contributed by atoms with Crippen LogP contribution in [-0.4, -0.2) is 18.0 Å². The van der Waals surface area contributed by atoms with Crippen LogP contribution in [-0.2, 0) is 29.2 Å². The first-order valence-electron chi connectivity index (χ1n) is 12.6. The van der Waals surface area contributed by atoms with Crippen LogP contribution in [0, 0.1) is 0 Å². The summed E-state index contributed by atoms with van der Waals surface area (Å²) in [4.78, 5) is 25.9. The van der Waals surface area contributed by atoms with E-state index in [2.05, 4.69) is 10.6 Å². The lowest BCUT2D eigenvalue weighted by Crippen LogP contribution is -2.48. The molecule has 0 saturated heterocycles. The van der Waals surface area contributed by atoms with Crippen LogP contribution in [0.5, 0.6) is 5.75 Å². The van der Waals surface area contributed by atoms with Gasteiger partial charge in [-0.1, -0.05) is 103 Å². The van der Waals surface area contributed by atoms with E-state index in [1.165, 1.54) is 0 Å². The SMILES string of the molecule is C[C@@H](NC(=O)[C@@H](Cc1ccc(OCc2ccccc2)cc1)NC(=O)OCc1ccccc1)c1ccccc1. The molecule has 2 atom stereocenters. The quantitative estimate of drug-likeness (QED) is 0.261. The van der Waals surface area contributed by atoms with Crippen LogP contribution in [0.15, 0.2) is 115 Å². The molecule has 0 bridgehead atoms. The molecule has 0 aliphatic heterocycles. The van der Waals surface area contributed by atoms with Crippen molar-refractivity contribution in [1.82, 2.24) is 10.6 Å². The van der Waals surface area contributed by atoms with Crippen LogP contribution in [0.25, 0.3) is 0 Å². The zero-order valence-electron chi connectivity index (χ0n) is 21.4. The smallest absolute Gasteiger partial charge is 0.408 e. The molecule has 38 heavy (non-hydrogen) atoms. The van der Waals surface area contributed by atoms with E-state index in [0.717, 1.165) is 28.0 Å². The normalized spacial score (nSPS) is 12.1. The van der Waals surface area contributed by atoms with Gasteiger partial charge in [0.25, 0.3) is 0 Å². The maximum Gasteiger partial charge on any atom is 0.408 e. The minimum Gasteiger partial charge on any atom is -0.489 e. The second kappa shape index (κ2) is 13.7. The summed E-state index contributed by atoms with van der Waals surface area (Å²) in [5.74, 6) is 0.439. The molecule has 0 heterocycles. The summed E-state index contributed by atoms with van der Waals surface area (Å²) >= 11 is 0. The Balaban J connectivity index is 1.39. The molecule has 0 aromatic heterocycles. The monoisotopic (exact) mass is 508 g/mol. The van der Waals surface area contributed by atoms with E-state index in [4.69, 9.17) is 9.47 Å². The van der Waals surface area contributed by atoms with Gasteiger partial charge in [-0.05, 0) is 41.3 Å². The molecule has 4 aromatic rings. The highest BCUT2D eigenvalue weighted by molar-refractivity contribution is 5.86. The van der Waals surface area contributed by atoms with Crippen LogP contribution in [0.2, 0.25) is 0 Å². The van der Waals surface area contributed by atoms with Crippen molar-refractivity contribution in [3.05, 3.63) is 138 Å². The fourth-order valence-corrected chi connectivity index (χ4v) is 3.95. The zero-order valence-corrected chi connectivity index (χ0v) is 21.4. The van der Waals surface area contributed by atoms with Gasteiger partial charge >= 0.3 is 6.09 Å². The third kappa shape index (κ3) is 8.23. The summed E-state index contributed by atoms with van der Waals surface area (Å²) in [5.41, 5.74) is 3.81. The number of carbonyl (C=O) groups is 2. The highest BCUT2D eigenvalue weighted by Gasteiger charge is 2.24. The maximum atomic E-state index is 13.3. The molecule has 0 unspecified atom stereocenters. The van der Waals surface area contributed by atoms with E-state index in [0.29, 0.717) is 13.0 Å². The van der Waals surface area contributed by atoms with Crippen LogP contribution in [0.4, 0.5) is 4.79 Å². The van der Waals surface area contributed by atoms with E-state index in [1.807, 2.05) is 122 Å². The van der Waals surface area contributed by atoms with Crippen molar-refractivity contribution < 1.29 is 19.1 Å². The number of hydrogen-bond donors (Lipinski definition) is 2. The van der Waals surface area contributed by atoms with Gasteiger partial charge in [-0.2, -0.15) is 0 Å². The van der Waals surface area contributed by atoms with E-state index >= 15 is 0 Å². The van der Waals surface area contributed by atoms with Crippen LogP contribution in [0.3, 0.4) is 0 Å². The van der Waals surface area contributed by atoms with Crippen LogP contribution >= 0.6 is 0 Å². The number of amides is 2. The fourth-order valence-electron chi connectivity index (χ4n) is 3.95. The van der Waals surface area contributed by atoms with Gasteiger partial charge in [0.05, 0.1) is 6.04 Å². The molecule has 194 valence electrons. The predicted molar refractivity (Wildman–Crippen MR) is 147 cm³/mol. The zero-order chi connectivity index (χ0) is 26.6. The van der Waals surface area contributed by atoms with Crippen molar-refractivity contribution in [2.75, 3.05) is 0 Å². The highest BCUT2D eigenvalue weighted by Crippen LogP contribution is 2.17. The molecule has 0 aliphatic rings. The molecule has 0 fully saturated rings. The fraction of sp³-hybridized carbons (Fsp3) is 0.188. The van der Waals surface area contributed by atoms with E-state index in [1.54, 1.807) is 0 Å². The van der Waals surface area contributed by atoms with E-state index < -0.39 is 12.1 Å². The number of hydrogen-bond acceptors (Lipinski definition) is 4. The Kier molecular flexibility index (Phi) is 9.51. The van der Waals surface area contributed by atoms with Crippen molar-refractivity contribution in [3.8, 4) is 5.75 Å². The molecular weight excluding hydrogens is 476 g/mol. The summed E-state index contributed by atoms with van der Waals surface area (Å²) in [6, 6.07) is 35.5. The minimum absolute atomic E-state index is 0.120. The lowest BCUT2D eigenvalue weighted by Gasteiger charge is -2.22. The van der Waals surface area contributed by atoms with Crippen LogP contribution < -0.4 is 15.4 Å². The van der Waals surface area contributed by atoms with Gasteiger partial charge in [-0.3, -0.25) is 4.79 Å². The number of nitrogens with one attached hydrogen (secondary N) is 2.